The lowest BCUT2D eigenvalue weighted by Crippen LogP contribution is -2.39. The van der Waals surface area contributed by atoms with Crippen molar-refractivity contribution < 1.29 is 14.6 Å². The quantitative estimate of drug-likeness (QED) is 0.798. The normalized spacial score (nSPS) is 13.8. The van der Waals surface area contributed by atoms with Gasteiger partial charge >= 0.3 is 0 Å². The number of aliphatic hydroxyl groups is 2. The minimum Gasteiger partial charge on any atom is -0.389 e. The Bertz CT molecular complexity index is 373. The summed E-state index contributed by atoms with van der Waals surface area (Å²) in [5, 5.41) is 19.8. The number of likely N-dealkylation sites (N-methyl/N-ethyl adjacent to an activating group) is 1. The number of rotatable bonds is 7. The molecule has 108 valence electrons. The van der Waals surface area contributed by atoms with Crippen molar-refractivity contribution in [1.29, 1.82) is 0 Å². The molecule has 0 aliphatic rings. The van der Waals surface area contributed by atoms with Gasteiger partial charge in [0.25, 0.3) is 0 Å². The topological polar surface area (TPSA) is 43.7 Å². The zero-order valence-corrected chi connectivity index (χ0v) is 11.9. The van der Waals surface area contributed by atoms with Crippen LogP contribution in [0.3, 0.4) is 0 Å². The van der Waals surface area contributed by atoms with Crippen LogP contribution in [0.1, 0.15) is 38.9 Å². The molecular formula is C15H24FNO2. The predicted molar refractivity (Wildman–Crippen MR) is 74.4 cm³/mol. The van der Waals surface area contributed by atoms with Crippen LogP contribution in [0, 0.1) is 5.82 Å². The molecule has 0 fully saturated rings. The Morgan fingerprint density at radius 3 is 2.32 bits per heavy atom. The summed E-state index contributed by atoms with van der Waals surface area (Å²) < 4.78 is 12.8. The molecule has 0 radical (unpaired) electrons. The van der Waals surface area contributed by atoms with E-state index in [0.717, 1.165) is 12.1 Å². The number of hydrogen-bond donors (Lipinski definition) is 2. The first-order valence-electron chi connectivity index (χ1n) is 6.70. The van der Waals surface area contributed by atoms with Crippen LogP contribution in [0.2, 0.25) is 0 Å². The molecule has 0 spiro atoms. The summed E-state index contributed by atoms with van der Waals surface area (Å²) in [4.78, 5) is 2.09. The minimum absolute atomic E-state index is 0.298. The Kier molecular flexibility index (Phi) is 5.91. The second-order valence-corrected chi connectivity index (χ2v) is 5.54. The van der Waals surface area contributed by atoms with Crippen LogP contribution in [0.25, 0.3) is 0 Å². The molecule has 4 heteroatoms. The standard InChI is InChI=1S/C15H24FNO2/c1-4-17(11-15(2,3)19)10-9-14(18)12-5-7-13(16)8-6-12/h5-8,14,18-19H,4,9-11H2,1-3H3. The smallest absolute Gasteiger partial charge is 0.123 e. The van der Waals surface area contributed by atoms with E-state index in [1.165, 1.54) is 12.1 Å². The van der Waals surface area contributed by atoms with E-state index in [2.05, 4.69) is 4.90 Å². The van der Waals surface area contributed by atoms with Crippen molar-refractivity contribution >= 4 is 0 Å². The van der Waals surface area contributed by atoms with E-state index >= 15 is 0 Å². The third kappa shape index (κ3) is 6.14. The SMILES string of the molecule is CCN(CCC(O)c1ccc(F)cc1)CC(C)(C)O. The van der Waals surface area contributed by atoms with Crippen LogP contribution in [0.4, 0.5) is 4.39 Å². The van der Waals surface area contributed by atoms with Crippen LogP contribution in [-0.4, -0.2) is 40.3 Å². The Morgan fingerprint density at radius 1 is 1.26 bits per heavy atom. The molecular weight excluding hydrogens is 245 g/mol. The van der Waals surface area contributed by atoms with Crippen molar-refractivity contribution in [3.8, 4) is 0 Å². The van der Waals surface area contributed by atoms with Crippen molar-refractivity contribution in [3.05, 3.63) is 35.6 Å². The maximum Gasteiger partial charge on any atom is 0.123 e. The average molecular weight is 269 g/mol. The largest absolute Gasteiger partial charge is 0.389 e. The van der Waals surface area contributed by atoms with E-state index in [4.69, 9.17) is 0 Å². The number of halogens is 1. The van der Waals surface area contributed by atoms with Gasteiger partial charge in [0, 0.05) is 13.1 Å². The van der Waals surface area contributed by atoms with E-state index in [0.29, 0.717) is 19.5 Å². The number of benzene rings is 1. The lowest BCUT2D eigenvalue weighted by Gasteiger charge is -2.28. The van der Waals surface area contributed by atoms with Gasteiger partial charge in [-0.1, -0.05) is 19.1 Å². The highest BCUT2D eigenvalue weighted by atomic mass is 19.1. The van der Waals surface area contributed by atoms with Gasteiger partial charge in [0.05, 0.1) is 11.7 Å². The first kappa shape index (κ1) is 16.1. The molecule has 1 aromatic carbocycles. The summed E-state index contributed by atoms with van der Waals surface area (Å²) >= 11 is 0. The highest BCUT2D eigenvalue weighted by molar-refractivity contribution is 5.18. The Morgan fingerprint density at radius 2 is 1.84 bits per heavy atom. The summed E-state index contributed by atoms with van der Waals surface area (Å²) in [6, 6.07) is 5.92. The predicted octanol–water partition coefficient (Wildman–Crippen LogP) is 2.34. The average Bonchev–Trinajstić information content (AvgIpc) is 2.33. The lowest BCUT2D eigenvalue weighted by molar-refractivity contribution is 0.0322. The zero-order chi connectivity index (χ0) is 14.5. The molecule has 0 amide bonds. The minimum atomic E-state index is -0.739. The molecule has 0 aliphatic carbocycles. The molecule has 0 heterocycles. The highest BCUT2D eigenvalue weighted by Gasteiger charge is 2.18. The fraction of sp³-hybridized carbons (Fsp3) is 0.600. The van der Waals surface area contributed by atoms with E-state index in [-0.39, 0.29) is 5.82 Å². The van der Waals surface area contributed by atoms with Crippen molar-refractivity contribution in [2.75, 3.05) is 19.6 Å². The Balaban J connectivity index is 2.48. The summed E-state index contributed by atoms with van der Waals surface area (Å²) in [6.07, 6.45) is -0.0355. The van der Waals surface area contributed by atoms with Gasteiger partial charge in [0.15, 0.2) is 0 Å². The summed E-state index contributed by atoms with van der Waals surface area (Å²) in [5.74, 6) is -0.298. The fourth-order valence-electron chi connectivity index (χ4n) is 2.05. The van der Waals surface area contributed by atoms with Gasteiger partial charge in [-0.3, -0.25) is 0 Å². The van der Waals surface area contributed by atoms with E-state index < -0.39 is 11.7 Å². The van der Waals surface area contributed by atoms with Crippen LogP contribution >= 0.6 is 0 Å². The van der Waals surface area contributed by atoms with Crippen LogP contribution in [-0.2, 0) is 0 Å². The van der Waals surface area contributed by atoms with Gasteiger partial charge < -0.3 is 15.1 Å². The summed E-state index contributed by atoms with van der Waals surface area (Å²) in [7, 11) is 0. The maximum absolute atomic E-state index is 12.8. The van der Waals surface area contributed by atoms with Gasteiger partial charge in [0.2, 0.25) is 0 Å². The fourth-order valence-corrected chi connectivity index (χ4v) is 2.05. The van der Waals surface area contributed by atoms with Crippen molar-refractivity contribution in [1.82, 2.24) is 4.90 Å². The van der Waals surface area contributed by atoms with Gasteiger partial charge in [-0.15, -0.1) is 0 Å². The monoisotopic (exact) mass is 269 g/mol. The number of nitrogens with zero attached hydrogens (tertiary/aromatic N) is 1. The van der Waals surface area contributed by atoms with Gasteiger partial charge in [0.1, 0.15) is 5.82 Å². The zero-order valence-electron chi connectivity index (χ0n) is 11.9. The molecule has 1 aromatic rings. The molecule has 19 heavy (non-hydrogen) atoms. The van der Waals surface area contributed by atoms with E-state index in [1.54, 1.807) is 26.0 Å². The van der Waals surface area contributed by atoms with E-state index in [1.807, 2.05) is 6.92 Å². The molecule has 3 nitrogen and oxygen atoms in total. The molecule has 0 saturated heterocycles. The molecule has 1 unspecified atom stereocenters. The van der Waals surface area contributed by atoms with Gasteiger partial charge in [-0.05, 0) is 44.5 Å². The molecule has 0 aliphatic heterocycles. The van der Waals surface area contributed by atoms with Crippen LogP contribution in [0.5, 0.6) is 0 Å². The molecule has 1 atom stereocenters. The second kappa shape index (κ2) is 6.98. The molecule has 1 rings (SSSR count). The first-order chi connectivity index (χ1) is 8.81. The molecule has 0 aromatic heterocycles. The lowest BCUT2D eigenvalue weighted by atomic mass is 10.1. The molecule has 0 bridgehead atoms. The number of aliphatic hydroxyl groups excluding tert-OH is 1. The summed E-state index contributed by atoms with van der Waals surface area (Å²) in [5.41, 5.74) is -0.0164. The Labute approximate surface area is 114 Å². The third-order valence-corrected chi connectivity index (χ3v) is 3.03. The molecule has 2 N–H and O–H groups in total. The van der Waals surface area contributed by atoms with Crippen LogP contribution in [0.15, 0.2) is 24.3 Å². The van der Waals surface area contributed by atoms with Crippen LogP contribution < -0.4 is 0 Å². The Hall–Kier alpha value is -0.970. The summed E-state index contributed by atoms with van der Waals surface area (Å²) in [6.45, 7) is 7.65. The molecule has 0 saturated carbocycles. The van der Waals surface area contributed by atoms with Crippen molar-refractivity contribution in [2.24, 2.45) is 0 Å². The maximum atomic E-state index is 12.8. The van der Waals surface area contributed by atoms with E-state index in [9.17, 15) is 14.6 Å². The van der Waals surface area contributed by atoms with Gasteiger partial charge in [-0.25, -0.2) is 4.39 Å². The second-order valence-electron chi connectivity index (χ2n) is 5.54. The first-order valence-corrected chi connectivity index (χ1v) is 6.70. The van der Waals surface area contributed by atoms with Crippen molar-refractivity contribution in [3.63, 3.8) is 0 Å². The van der Waals surface area contributed by atoms with Gasteiger partial charge in [-0.2, -0.15) is 0 Å². The van der Waals surface area contributed by atoms with Crippen molar-refractivity contribution in [2.45, 2.75) is 38.9 Å². The third-order valence-electron chi connectivity index (χ3n) is 3.03. The highest BCUT2D eigenvalue weighted by Crippen LogP contribution is 2.18. The number of hydrogen-bond acceptors (Lipinski definition) is 3.